The Kier molecular flexibility index (Phi) is 3.66. The monoisotopic (exact) mass is 286 g/mol. The third-order valence-electron chi connectivity index (χ3n) is 4.22. The third kappa shape index (κ3) is 2.65. The minimum absolute atomic E-state index is 0.00966. The van der Waals surface area contributed by atoms with Gasteiger partial charge in [0.05, 0.1) is 24.8 Å². The van der Waals surface area contributed by atoms with Gasteiger partial charge in [-0.05, 0) is 30.7 Å². The molecule has 0 aliphatic carbocycles. The summed E-state index contributed by atoms with van der Waals surface area (Å²) in [5, 5.41) is 8.94. The molecule has 2 fully saturated rings. The van der Waals surface area contributed by atoms with E-state index in [0.29, 0.717) is 50.3 Å². The van der Waals surface area contributed by atoms with Gasteiger partial charge in [-0.3, -0.25) is 4.79 Å². The Bertz CT molecular complexity index is 590. The molecular weight excluding hydrogens is 268 g/mol. The van der Waals surface area contributed by atoms with Crippen molar-refractivity contribution >= 4 is 5.91 Å². The predicted molar refractivity (Wildman–Crippen MR) is 75.7 cm³/mol. The van der Waals surface area contributed by atoms with Gasteiger partial charge in [-0.25, -0.2) is 0 Å². The predicted octanol–water partition coefficient (Wildman–Crippen LogP) is 1.85. The second-order valence-corrected chi connectivity index (χ2v) is 5.54. The van der Waals surface area contributed by atoms with Gasteiger partial charge in [0.2, 0.25) is 0 Å². The van der Waals surface area contributed by atoms with Crippen LogP contribution in [0.2, 0.25) is 0 Å². The minimum Gasteiger partial charge on any atom is -0.347 e. The van der Waals surface area contributed by atoms with Gasteiger partial charge in [-0.15, -0.1) is 0 Å². The summed E-state index contributed by atoms with van der Waals surface area (Å²) in [5.74, 6) is -0.451. The number of benzene rings is 1. The van der Waals surface area contributed by atoms with Crippen LogP contribution in [-0.4, -0.2) is 42.9 Å². The lowest BCUT2D eigenvalue weighted by Crippen LogP contribution is -2.47. The highest BCUT2D eigenvalue weighted by atomic mass is 16.7. The molecule has 3 rings (SSSR count). The van der Waals surface area contributed by atoms with Crippen molar-refractivity contribution in [2.75, 3.05) is 26.3 Å². The lowest BCUT2D eigenvalue weighted by atomic mass is 10.0. The number of rotatable bonds is 1. The van der Waals surface area contributed by atoms with E-state index in [9.17, 15) is 4.79 Å². The topological polar surface area (TPSA) is 62.6 Å². The Morgan fingerprint density at radius 2 is 1.95 bits per heavy atom. The van der Waals surface area contributed by atoms with E-state index in [1.54, 1.807) is 18.2 Å². The van der Waals surface area contributed by atoms with Crippen LogP contribution in [0.3, 0.4) is 0 Å². The molecule has 2 aliphatic heterocycles. The zero-order chi connectivity index (χ0) is 14.9. The standard InChI is InChI=1S/C16H18N2O3/c1-12-10-13(2-3-14(12)11-17)15(19)18-6-4-16(5-7-18)20-8-9-21-16/h2-3,10H,4-9H2,1H3. The molecule has 5 heteroatoms. The van der Waals surface area contributed by atoms with Gasteiger partial charge in [0.1, 0.15) is 0 Å². The maximum Gasteiger partial charge on any atom is 0.253 e. The molecule has 0 aromatic heterocycles. The van der Waals surface area contributed by atoms with Gasteiger partial charge < -0.3 is 14.4 Å². The first kappa shape index (κ1) is 14.1. The Morgan fingerprint density at radius 1 is 1.29 bits per heavy atom. The number of amides is 1. The SMILES string of the molecule is Cc1cc(C(=O)N2CCC3(CC2)OCCO3)ccc1C#N. The molecule has 0 bridgehead atoms. The molecule has 1 aromatic carbocycles. The Labute approximate surface area is 124 Å². The first-order chi connectivity index (χ1) is 10.1. The van der Waals surface area contributed by atoms with Crippen LogP contribution in [0, 0.1) is 18.3 Å². The molecule has 5 nitrogen and oxygen atoms in total. The first-order valence-corrected chi connectivity index (χ1v) is 7.21. The van der Waals surface area contributed by atoms with Crippen LogP contribution in [0.5, 0.6) is 0 Å². The lowest BCUT2D eigenvalue weighted by Gasteiger charge is -2.37. The molecule has 110 valence electrons. The quantitative estimate of drug-likeness (QED) is 0.790. The van der Waals surface area contributed by atoms with Crippen LogP contribution < -0.4 is 0 Å². The Morgan fingerprint density at radius 3 is 2.52 bits per heavy atom. The van der Waals surface area contributed by atoms with E-state index >= 15 is 0 Å². The number of likely N-dealkylation sites (tertiary alicyclic amines) is 1. The fourth-order valence-electron chi connectivity index (χ4n) is 2.94. The third-order valence-corrected chi connectivity index (χ3v) is 4.22. The van der Waals surface area contributed by atoms with Crippen molar-refractivity contribution in [3.63, 3.8) is 0 Å². The van der Waals surface area contributed by atoms with Gasteiger partial charge in [-0.2, -0.15) is 5.26 Å². The maximum atomic E-state index is 12.5. The average Bonchev–Trinajstić information content (AvgIpc) is 2.95. The van der Waals surface area contributed by atoms with E-state index in [1.807, 2.05) is 11.8 Å². The molecule has 0 N–H and O–H groups in total. The minimum atomic E-state index is -0.461. The summed E-state index contributed by atoms with van der Waals surface area (Å²) >= 11 is 0. The van der Waals surface area contributed by atoms with Gasteiger partial charge in [-0.1, -0.05) is 0 Å². The molecule has 2 heterocycles. The van der Waals surface area contributed by atoms with Gasteiger partial charge >= 0.3 is 0 Å². The fourth-order valence-corrected chi connectivity index (χ4v) is 2.94. The summed E-state index contributed by atoms with van der Waals surface area (Å²) in [6, 6.07) is 7.33. The van der Waals surface area contributed by atoms with Crippen LogP contribution >= 0.6 is 0 Å². The molecule has 21 heavy (non-hydrogen) atoms. The van der Waals surface area contributed by atoms with Crippen LogP contribution in [-0.2, 0) is 9.47 Å². The van der Waals surface area contributed by atoms with E-state index in [-0.39, 0.29) is 5.91 Å². The first-order valence-electron chi connectivity index (χ1n) is 7.21. The van der Waals surface area contributed by atoms with Crippen molar-refractivity contribution in [2.24, 2.45) is 0 Å². The van der Waals surface area contributed by atoms with Crippen LogP contribution in [0.1, 0.15) is 34.3 Å². The fraction of sp³-hybridized carbons (Fsp3) is 0.500. The Balaban J connectivity index is 1.69. The zero-order valence-electron chi connectivity index (χ0n) is 12.1. The van der Waals surface area contributed by atoms with Crippen molar-refractivity contribution in [1.29, 1.82) is 5.26 Å². The largest absolute Gasteiger partial charge is 0.347 e. The summed E-state index contributed by atoms with van der Waals surface area (Å²) < 4.78 is 11.3. The number of carbonyl (C=O) groups excluding carboxylic acids is 1. The number of nitrogens with zero attached hydrogens (tertiary/aromatic N) is 2. The van der Waals surface area contributed by atoms with E-state index in [2.05, 4.69) is 6.07 Å². The van der Waals surface area contributed by atoms with Gasteiger partial charge in [0, 0.05) is 31.5 Å². The highest BCUT2D eigenvalue weighted by Crippen LogP contribution is 2.31. The summed E-state index contributed by atoms with van der Waals surface area (Å²) in [5.41, 5.74) is 2.08. The lowest BCUT2D eigenvalue weighted by molar-refractivity contribution is -0.181. The molecular formula is C16H18N2O3. The number of hydrogen-bond donors (Lipinski definition) is 0. The molecule has 2 aliphatic rings. The number of aryl methyl sites for hydroxylation is 1. The second kappa shape index (κ2) is 5.47. The normalized spacial score (nSPS) is 20.5. The smallest absolute Gasteiger partial charge is 0.253 e. The summed E-state index contributed by atoms with van der Waals surface area (Å²) in [4.78, 5) is 14.3. The molecule has 1 spiro atoms. The molecule has 0 unspecified atom stereocenters. The second-order valence-electron chi connectivity index (χ2n) is 5.54. The number of nitriles is 1. The van der Waals surface area contributed by atoms with Gasteiger partial charge in [0.15, 0.2) is 5.79 Å². The summed E-state index contributed by atoms with van der Waals surface area (Å²) in [6.45, 7) is 4.40. The number of hydrogen-bond acceptors (Lipinski definition) is 4. The zero-order valence-corrected chi connectivity index (χ0v) is 12.1. The number of piperidine rings is 1. The molecule has 0 atom stereocenters. The highest BCUT2D eigenvalue weighted by Gasteiger charge is 2.40. The summed E-state index contributed by atoms with van der Waals surface area (Å²) in [7, 11) is 0. The Hall–Kier alpha value is -1.90. The maximum absolute atomic E-state index is 12.5. The van der Waals surface area contributed by atoms with Crippen molar-refractivity contribution in [3.8, 4) is 6.07 Å². The molecule has 0 saturated carbocycles. The summed E-state index contributed by atoms with van der Waals surface area (Å²) in [6.07, 6.45) is 1.43. The molecule has 1 amide bonds. The van der Waals surface area contributed by atoms with Crippen molar-refractivity contribution in [2.45, 2.75) is 25.6 Å². The van der Waals surface area contributed by atoms with E-state index in [1.165, 1.54) is 0 Å². The van der Waals surface area contributed by atoms with Crippen molar-refractivity contribution in [1.82, 2.24) is 4.90 Å². The van der Waals surface area contributed by atoms with E-state index in [0.717, 1.165) is 5.56 Å². The highest BCUT2D eigenvalue weighted by molar-refractivity contribution is 5.94. The van der Waals surface area contributed by atoms with Crippen LogP contribution in [0.4, 0.5) is 0 Å². The number of carbonyl (C=O) groups is 1. The van der Waals surface area contributed by atoms with Crippen LogP contribution in [0.25, 0.3) is 0 Å². The van der Waals surface area contributed by atoms with Crippen LogP contribution in [0.15, 0.2) is 18.2 Å². The van der Waals surface area contributed by atoms with Gasteiger partial charge in [0.25, 0.3) is 5.91 Å². The van der Waals surface area contributed by atoms with Crippen molar-refractivity contribution in [3.05, 3.63) is 34.9 Å². The van der Waals surface area contributed by atoms with E-state index in [4.69, 9.17) is 14.7 Å². The average molecular weight is 286 g/mol. The molecule has 0 radical (unpaired) electrons. The molecule has 1 aromatic rings. The number of ether oxygens (including phenoxy) is 2. The molecule has 2 saturated heterocycles. The van der Waals surface area contributed by atoms with Crippen molar-refractivity contribution < 1.29 is 14.3 Å². The van der Waals surface area contributed by atoms with E-state index < -0.39 is 5.79 Å².